The summed E-state index contributed by atoms with van der Waals surface area (Å²) in [7, 11) is 0. The summed E-state index contributed by atoms with van der Waals surface area (Å²) in [5, 5.41) is 0. The summed E-state index contributed by atoms with van der Waals surface area (Å²) >= 11 is 0. The Balaban J connectivity index is 3.45. The van der Waals surface area contributed by atoms with Crippen LogP contribution >= 0.6 is 0 Å². The number of allylic oxidation sites excluding steroid dienone is 2. The second-order valence-corrected chi connectivity index (χ2v) is 3.94. The van der Waals surface area contributed by atoms with Gasteiger partial charge in [-0.2, -0.15) is 0 Å². The molecule has 0 N–H and O–H groups in total. The largest absolute Gasteiger partial charge is 0.0880 e. The van der Waals surface area contributed by atoms with E-state index in [1.807, 2.05) is 0 Å². The van der Waals surface area contributed by atoms with Gasteiger partial charge < -0.3 is 0 Å². The Morgan fingerprint density at radius 3 is 2.33 bits per heavy atom. The first-order valence-corrected chi connectivity index (χ1v) is 5.37. The number of rotatable bonds is 6. The zero-order valence-electron chi connectivity index (χ0n) is 9.14. The van der Waals surface area contributed by atoms with Gasteiger partial charge in [-0.3, -0.25) is 0 Å². The lowest BCUT2D eigenvalue weighted by Crippen LogP contribution is -1.91. The van der Waals surface area contributed by atoms with Crippen LogP contribution in [0.15, 0.2) is 12.2 Å². The summed E-state index contributed by atoms with van der Waals surface area (Å²) in [6, 6.07) is 0. The standard InChI is InChI=1S/C12H24/c1-5-8-12(4)10-7-9-11(3)6-2/h7,9,11-12H,5-6,8,10H2,1-4H3/b9-7+. The molecule has 0 aromatic heterocycles. The number of hydrogen-bond donors (Lipinski definition) is 0. The third kappa shape index (κ3) is 6.45. The summed E-state index contributed by atoms with van der Waals surface area (Å²) in [6.07, 6.45) is 9.92. The molecule has 72 valence electrons. The van der Waals surface area contributed by atoms with Crippen molar-refractivity contribution >= 4 is 0 Å². The molecule has 12 heavy (non-hydrogen) atoms. The molecule has 0 rings (SSSR count). The molecule has 0 aromatic carbocycles. The van der Waals surface area contributed by atoms with Gasteiger partial charge in [0.2, 0.25) is 0 Å². The summed E-state index contributed by atoms with van der Waals surface area (Å²) in [5.74, 6) is 1.63. The van der Waals surface area contributed by atoms with Gasteiger partial charge in [-0.25, -0.2) is 0 Å². The molecule has 0 aromatic rings. The van der Waals surface area contributed by atoms with Crippen LogP contribution in [0.2, 0.25) is 0 Å². The van der Waals surface area contributed by atoms with Gasteiger partial charge in [-0.15, -0.1) is 0 Å². The quantitative estimate of drug-likeness (QED) is 0.515. The Morgan fingerprint density at radius 2 is 1.83 bits per heavy atom. The molecule has 0 aliphatic heterocycles. The van der Waals surface area contributed by atoms with Crippen LogP contribution < -0.4 is 0 Å². The van der Waals surface area contributed by atoms with Crippen molar-refractivity contribution in [3.05, 3.63) is 12.2 Å². The molecule has 0 nitrogen and oxygen atoms in total. The van der Waals surface area contributed by atoms with E-state index in [1.54, 1.807) is 0 Å². The monoisotopic (exact) mass is 168 g/mol. The number of hydrogen-bond acceptors (Lipinski definition) is 0. The average Bonchev–Trinajstić information content (AvgIpc) is 2.04. The molecule has 0 saturated carbocycles. The summed E-state index contributed by atoms with van der Waals surface area (Å²) < 4.78 is 0. The first-order valence-electron chi connectivity index (χ1n) is 5.37. The van der Waals surface area contributed by atoms with Crippen molar-refractivity contribution in [1.82, 2.24) is 0 Å². The SMILES string of the molecule is CCCC(C)C/C=C/C(C)CC. The lowest BCUT2D eigenvalue weighted by atomic mass is 10.0. The minimum atomic E-state index is 0.763. The van der Waals surface area contributed by atoms with Crippen LogP contribution in [0.1, 0.15) is 53.4 Å². The summed E-state index contributed by atoms with van der Waals surface area (Å²) in [6.45, 7) is 9.12. The second-order valence-electron chi connectivity index (χ2n) is 3.94. The van der Waals surface area contributed by atoms with Crippen LogP contribution in [0, 0.1) is 11.8 Å². The summed E-state index contributed by atoms with van der Waals surface area (Å²) in [5.41, 5.74) is 0. The summed E-state index contributed by atoms with van der Waals surface area (Å²) in [4.78, 5) is 0. The van der Waals surface area contributed by atoms with E-state index in [9.17, 15) is 0 Å². The Morgan fingerprint density at radius 1 is 1.17 bits per heavy atom. The molecule has 0 heteroatoms. The van der Waals surface area contributed by atoms with Gasteiger partial charge in [0.1, 0.15) is 0 Å². The van der Waals surface area contributed by atoms with Crippen molar-refractivity contribution in [1.29, 1.82) is 0 Å². The van der Waals surface area contributed by atoms with Crippen molar-refractivity contribution in [3.63, 3.8) is 0 Å². The fraction of sp³-hybridized carbons (Fsp3) is 0.833. The molecule has 0 saturated heterocycles. The van der Waals surface area contributed by atoms with Crippen LogP contribution in [0.3, 0.4) is 0 Å². The Bertz CT molecular complexity index is 113. The molecule has 0 radical (unpaired) electrons. The Hall–Kier alpha value is -0.260. The minimum Gasteiger partial charge on any atom is -0.0880 e. The lowest BCUT2D eigenvalue weighted by molar-refractivity contribution is 0.530. The zero-order chi connectivity index (χ0) is 9.40. The van der Waals surface area contributed by atoms with Gasteiger partial charge in [0, 0.05) is 0 Å². The molecular formula is C12H24. The van der Waals surface area contributed by atoms with Crippen LogP contribution in [0.5, 0.6) is 0 Å². The molecule has 0 aliphatic rings. The van der Waals surface area contributed by atoms with Crippen LogP contribution in [-0.2, 0) is 0 Å². The fourth-order valence-corrected chi connectivity index (χ4v) is 1.29. The Kier molecular flexibility index (Phi) is 7.23. The minimum absolute atomic E-state index is 0.763. The van der Waals surface area contributed by atoms with Gasteiger partial charge in [-0.05, 0) is 18.3 Å². The van der Waals surface area contributed by atoms with Crippen molar-refractivity contribution in [2.45, 2.75) is 53.4 Å². The van der Waals surface area contributed by atoms with Crippen LogP contribution in [0.4, 0.5) is 0 Å². The first-order chi connectivity index (χ1) is 5.70. The molecule has 2 unspecified atom stereocenters. The highest BCUT2D eigenvalue weighted by Gasteiger charge is 1.97. The fourth-order valence-electron chi connectivity index (χ4n) is 1.29. The molecular weight excluding hydrogens is 144 g/mol. The second kappa shape index (κ2) is 7.39. The van der Waals surface area contributed by atoms with Gasteiger partial charge in [-0.1, -0.05) is 59.1 Å². The molecule has 0 aliphatic carbocycles. The van der Waals surface area contributed by atoms with E-state index in [1.165, 1.54) is 25.7 Å². The van der Waals surface area contributed by atoms with Gasteiger partial charge in [0.15, 0.2) is 0 Å². The van der Waals surface area contributed by atoms with Crippen molar-refractivity contribution in [2.24, 2.45) is 11.8 Å². The maximum atomic E-state index is 2.36. The average molecular weight is 168 g/mol. The third-order valence-corrected chi connectivity index (χ3v) is 2.43. The molecule has 0 amide bonds. The van der Waals surface area contributed by atoms with Crippen molar-refractivity contribution in [2.75, 3.05) is 0 Å². The zero-order valence-corrected chi connectivity index (χ0v) is 9.14. The van der Waals surface area contributed by atoms with E-state index in [4.69, 9.17) is 0 Å². The lowest BCUT2D eigenvalue weighted by Gasteiger charge is -2.06. The smallest absolute Gasteiger partial charge is 0.0265 e. The van der Waals surface area contributed by atoms with Crippen LogP contribution in [0.25, 0.3) is 0 Å². The van der Waals surface area contributed by atoms with Crippen LogP contribution in [-0.4, -0.2) is 0 Å². The molecule has 0 heterocycles. The first kappa shape index (κ1) is 11.7. The molecule has 0 fully saturated rings. The van der Waals surface area contributed by atoms with E-state index in [0.717, 1.165) is 11.8 Å². The highest BCUT2D eigenvalue weighted by atomic mass is 14.0. The van der Waals surface area contributed by atoms with E-state index >= 15 is 0 Å². The normalized spacial score (nSPS) is 16.7. The predicted molar refractivity (Wildman–Crippen MR) is 57.3 cm³/mol. The van der Waals surface area contributed by atoms with Gasteiger partial charge in [0.25, 0.3) is 0 Å². The van der Waals surface area contributed by atoms with Crippen molar-refractivity contribution in [3.8, 4) is 0 Å². The maximum Gasteiger partial charge on any atom is -0.0265 e. The Labute approximate surface area is 78.1 Å². The highest BCUT2D eigenvalue weighted by molar-refractivity contribution is 4.86. The highest BCUT2D eigenvalue weighted by Crippen LogP contribution is 2.11. The van der Waals surface area contributed by atoms with E-state index < -0.39 is 0 Å². The van der Waals surface area contributed by atoms with Gasteiger partial charge in [0.05, 0.1) is 0 Å². The predicted octanol–water partition coefficient (Wildman–Crippen LogP) is 4.42. The van der Waals surface area contributed by atoms with E-state index in [2.05, 4.69) is 39.8 Å². The van der Waals surface area contributed by atoms with Gasteiger partial charge >= 0.3 is 0 Å². The third-order valence-electron chi connectivity index (χ3n) is 2.43. The van der Waals surface area contributed by atoms with E-state index in [-0.39, 0.29) is 0 Å². The van der Waals surface area contributed by atoms with Crippen molar-refractivity contribution < 1.29 is 0 Å². The maximum absolute atomic E-state index is 2.36. The molecule has 0 bridgehead atoms. The van der Waals surface area contributed by atoms with E-state index in [0.29, 0.717) is 0 Å². The molecule has 0 spiro atoms. The topological polar surface area (TPSA) is 0 Å². The molecule has 2 atom stereocenters.